The molecular weight excluding hydrogens is 480 g/mol. The van der Waals surface area contributed by atoms with Gasteiger partial charge in [-0.05, 0) is 60.4 Å². The number of sulfonamides is 1. The molecule has 0 amide bonds. The summed E-state index contributed by atoms with van der Waals surface area (Å²) in [6.45, 7) is 3.96. The van der Waals surface area contributed by atoms with E-state index in [4.69, 9.17) is 4.52 Å². The van der Waals surface area contributed by atoms with Crippen molar-refractivity contribution in [1.82, 2.24) is 24.4 Å². The van der Waals surface area contributed by atoms with Crippen molar-refractivity contribution in [3.05, 3.63) is 72.4 Å². The molecule has 1 saturated heterocycles. The number of aliphatic hydroxyl groups is 1. The number of nitrogens with one attached hydrogen (secondary N) is 1. The van der Waals surface area contributed by atoms with Crippen molar-refractivity contribution in [3.8, 4) is 22.6 Å². The van der Waals surface area contributed by atoms with Crippen molar-refractivity contribution in [2.24, 2.45) is 0 Å². The standard InChI is InChI=1S/C25H26N6O4S/c1-16-3-8-24(27-14-16)29-21-10-12-31(15-23(21)32)36(33,34)20-6-4-18(5-7-20)19-9-11-26-22(13-19)25-28-17(2)35-30-25/h3-9,11,13-14,21,23,32H,10,12,15H2,1-2H3,(H,27,29)/t21-,23+/m1/s1. The molecule has 4 aromatic rings. The first-order valence-electron chi connectivity index (χ1n) is 11.5. The van der Waals surface area contributed by atoms with Crippen LogP contribution in [0.5, 0.6) is 0 Å². The predicted molar refractivity (Wildman–Crippen MR) is 133 cm³/mol. The van der Waals surface area contributed by atoms with E-state index < -0.39 is 16.1 Å². The maximum absolute atomic E-state index is 13.3. The number of aliphatic hydroxyl groups excluding tert-OH is 1. The van der Waals surface area contributed by atoms with E-state index in [-0.39, 0.29) is 17.5 Å². The van der Waals surface area contributed by atoms with Gasteiger partial charge in [0.05, 0.1) is 17.0 Å². The molecule has 1 aliphatic rings. The van der Waals surface area contributed by atoms with Crippen molar-refractivity contribution in [1.29, 1.82) is 0 Å². The first-order chi connectivity index (χ1) is 17.3. The summed E-state index contributed by atoms with van der Waals surface area (Å²) in [4.78, 5) is 13.0. The molecule has 10 nitrogen and oxygen atoms in total. The van der Waals surface area contributed by atoms with Crippen LogP contribution in [0.25, 0.3) is 22.6 Å². The second-order valence-electron chi connectivity index (χ2n) is 8.78. The maximum Gasteiger partial charge on any atom is 0.243 e. The first-order valence-corrected chi connectivity index (χ1v) is 13.0. The zero-order valence-electron chi connectivity index (χ0n) is 19.9. The third-order valence-electron chi connectivity index (χ3n) is 6.13. The molecule has 0 saturated carbocycles. The van der Waals surface area contributed by atoms with Gasteiger partial charge in [0.2, 0.25) is 21.7 Å². The molecule has 0 aliphatic carbocycles. The number of hydrogen-bond acceptors (Lipinski definition) is 9. The van der Waals surface area contributed by atoms with E-state index in [1.807, 2.05) is 31.2 Å². The average molecular weight is 507 g/mol. The molecule has 5 rings (SSSR count). The van der Waals surface area contributed by atoms with E-state index in [9.17, 15) is 13.5 Å². The molecule has 0 bridgehead atoms. The van der Waals surface area contributed by atoms with Gasteiger partial charge in [-0.25, -0.2) is 13.4 Å². The second-order valence-corrected chi connectivity index (χ2v) is 10.7. The molecule has 2 N–H and O–H groups in total. The monoisotopic (exact) mass is 506 g/mol. The molecule has 1 aromatic carbocycles. The van der Waals surface area contributed by atoms with Gasteiger partial charge in [0.1, 0.15) is 11.5 Å². The number of nitrogens with zero attached hydrogens (tertiary/aromatic N) is 5. The summed E-state index contributed by atoms with van der Waals surface area (Å²) in [5, 5.41) is 17.8. The van der Waals surface area contributed by atoms with E-state index in [0.29, 0.717) is 36.2 Å². The van der Waals surface area contributed by atoms with E-state index in [1.165, 1.54) is 4.31 Å². The lowest BCUT2D eigenvalue weighted by molar-refractivity contribution is 0.0949. The number of piperidine rings is 1. The van der Waals surface area contributed by atoms with Gasteiger partial charge in [0.15, 0.2) is 0 Å². The number of pyridine rings is 2. The lowest BCUT2D eigenvalue weighted by atomic mass is 10.0. The summed E-state index contributed by atoms with van der Waals surface area (Å²) >= 11 is 0. The van der Waals surface area contributed by atoms with Crippen LogP contribution in [0.3, 0.4) is 0 Å². The lowest BCUT2D eigenvalue weighted by Gasteiger charge is -2.35. The highest BCUT2D eigenvalue weighted by Crippen LogP contribution is 2.27. The molecule has 1 aliphatic heterocycles. The Morgan fingerprint density at radius 2 is 1.86 bits per heavy atom. The Bertz CT molecular complexity index is 1450. The zero-order chi connectivity index (χ0) is 25.3. The number of aromatic nitrogens is 4. The van der Waals surface area contributed by atoms with Crippen LogP contribution in [0.1, 0.15) is 17.9 Å². The summed E-state index contributed by atoms with van der Waals surface area (Å²) in [6, 6.07) is 13.8. The number of β-amino-alcohol motifs (C(OH)–C–C–N with tert-alkyl or cyclic N) is 1. The molecule has 3 aromatic heterocycles. The lowest BCUT2D eigenvalue weighted by Crippen LogP contribution is -2.51. The van der Waals surface area contributed by atoms with E-state index in [1.54, 1.807) is 43.6 Å². The minimum Gasteiger partial charge on any atom is -0.390 e. The van der Waals surface area contributed by atoms with Crippen LogP contribution in [0.4, 0.5) is 5.82 Å². The van der Waals surface area contributed by atoms with Crippen LogP contribution >= 0.6 is 0 Å². The van der Waals surface area contributed by atoms with Crippen molar-refractivity contribution < 1.29 is 18.0 Å². The molecule has 0 spiro atoms. The molecule has 36 heavy (non-hydrogen) atoms. The highest BCUT2D eigenvalue weighted by molar-refractivity contribution is 7.89. The molecule has 2 atom stereocenters. The number of rotatable bonds is 6. The maximum atomic E-state index is 13.3. The van der Waals surface area contributed by atoms with E-state index in [2.05, 4.69) is 25.4 Å². The summed E-state index contributed by atoms with van der Waals surface area (Å²) in [5.41, 5.74) is 3.27. The quantitative estimate of drug-likeness (QED) is 0.404. The Kier molecular flexibility index (Phi) is 6.52. The molecular formula is C25H26N6O4S. The average Bonchev–Trinajstić information content (AvgIpc) is 3.33. The molecule has 4 heterocycles. The van der Waals surface area contributed by atoms with Gasteiger partial charge in [0.25, 0.3) is 0 Å². The van der Waals surface area contributed by atoms with E-state index >= 15 is 0 Å². The highest BCUT2D eigenvalue weighted by Gasteiger charge is 2.34. The number of benzene rings is 1. The van der Waals surface area contributed by atoms with Crippen LogP contribution < -0.4 is 5.32 Å². The molecule has 0 unspecified atom stereocenters. The van der Waals surface area contributed by atoms with Crippen molar-refractivity contribution in [3.63, 3.8) is 0 Å². The van der Waals surface area contributed by atoms with Crippen LogP contribution in [0, 0.1) is 13.8 Å². The first kappa shape index (κ1) is 24.0. The zero-order valence-corrected chi connectivity index (χ0v) is 20.7. The smallest absolute Gasteiger partial charge is 0.243 e. The van der Waals surface area contributed by atoms with Crippen LogP contribution in [-0.2, 0) is 10.0 Å². The normalized spacial score (nSPS) is 18.8. The third kappa shape index (κ3) is 4.99. The van der Waals surface area contributed by atoms with Gasteiger partial charge in [-0.1, -0.05) is 23.4 Å². The fourth-order valence-corrected chi connectivity index (χ4v) is 5.61. The summed E-state index contributed by atoms with van der Waals surface area (Å²) in [6.07, 6.45) is 2.99. The van der Waals surface area contributed by atoms with Crippen molar-refractivity contribution >= 4 is 15.8 Å². The molecule has 0 radical (unpaired) electrons. The van der Waals surface area contributed by atoms with Crippen molar-refractivity contribution in [2.75, 3.05) is 18.4 Å². The molecule has 186 valence electrons. The number of aryl methyl sites for hydroxylation is 2. The van der Waals surface area contributed by atoms with Gasteiger partial charge in [0, 0.05) is 32.4 Å². The Morgan fingerprint density at radius 3 is 2.53 bits per heavy atom. The SMILES string of the molecule is Cc1ccc(N[C@@H]2CCN(S(=O)(=O)c3ccc(-c4ccnc(-c5noc(C)n5)c4)cc3)C[C@@H]2O)nc1. The van der Waals surface area contributed by atoms with Crippen LogP contribution in [0.2, 0.25) is 0 Å². The van der Waals surface area contributed by atoms with Gasteiger partial charge in [-0.2, -0.15) is 9.29 Å². The Morgan fingerprint density at radius 1 is 1.06 bits per heavy atom. The summed E-state index contributed by atoms with van der Waals surface area (Å²) < 4.78 is 32.9. The summed E-state index contributed by atoms with van der Waals surface area (Å²) in [5.74, 6) is 1.50. The predicted octanol–water partition coefficient (Wildman–Crippen LogP) is 3.05. The van der Waals surface area contributed by atoms with Crippen LogP contribution in [-0.4, -0.2) is 63.2 Å². The Hall–Kier alpha value is -3.67. The van der Waals surface area contributed by atoms with Gasteiger partial charge >= 0.3 is 0 Å². The molecule has 11 heteroatoms. The Labute approximate surface area is 209 Å². The fraction of sp³-hybridized carbons (Fsp3) is 0.280. The van der Waals surface area contributed by atoms with E-state index in [0.717, 1.165) is 16.7 Å². The minimum atomic E-state index is -3.76. The minimum absolute atomic E-state index is 0.00540. The van der Waals surface area contributed by atoms with Gasteiger partial charge in [-0.3, -0.25) is 4.98 Å². The topological polar surface area (TPSA) is 134 Å². The van der Waals surface area contributed by atoms with Gasteiger partial charge < -0.3 is 14.9 Å². The highest BCUT2D eigenvalue weighted by atomic mass is 32.2. The number of hydrogen-bond donors (Lipinski definition) is 2. The fourth-order valence-electron chi connectivity index (χ4n) is 4.14. The van der Waals surface area contributed by atoms with Crippen molar-refractivity contribution in [2.45, 2.75) is 37.3 Å². The third-order valence-corrected chi connectivity index (χ3v) is 8.01. The number of anilines is 1. The Balaban J connectivity index is 1.28. The largest absolute Gasteiger partial charge is 0.390 e. The molecule has 1 fully saturated rings. The van der Waals surface area contributed by atoms with Crippen LogP contribution in [0.15, 0.2) is 70.3 Å². The summed E-state index contributed by atoms with van der Waals surface area (Å²) in [7, 11) is -3.76. The van der Waals surface area contributed by atoms with Gasteiger partial charge in [-0.15, -0.1) is 0 Å². The second kappa shape index (κ2) is 9.76.